The van der Waals surface area contributed by atoms with E-state index in [1.54, 1.807) is 12.1 Å². The van der Waals surface area contributed by atoms with E-state index in [0.717, 1.165) is 24.3 Å². The second-order valence-electron chi connectivity index (χ2n) is 3.98. The van der Waals surface area contributed by atoms with E-state index in [2.05, 4.69) is 0 Å². The van der Waals surface area contributed by atoms with Gasteiger partial charge in [-0.05, 0) is 26.0 Å². The third kappa shape index (κ3) is 5.36. The van der Waals surface area contributed by atoms with Crippen molar-refractivity contribution in [3.05, 3.63) is 56.5 Å². The summed E-state index contributed by atoms with van der Waals surface area (Å²) in [7, 11) is 0. The van der Waals surface area contributed by atoms with Gasteiger partial charge in [-0.2, -0.15) is 0 Å². The van der Waals surface area contributed by atoms with Gasteiger partial charge in [0.1, 0.15) is 0 Å². The van der Waals surface area contributed by atoms with Crippen molar-refractivity contribution in [3.8, 4) is 11.1 Å². The molecule has 0 saturated heterocycles. The quantitative estimate of drug-likeness (QED) is 0.568. The Morgan fingerprint density at radius 2 is 1.10 bits per heavy atom. The average Bonchev–Trinajstić information content (AvgIpc) is 2.47. The van der Waals surface area contributed by atoms with E-state index in [9.17, 15) is 0 Å². The minimum absolute atomic E-state index is 0.480. The van der Waals surface area contributed by atoms with E-state index in [-0.39, 0.29) is 0 Å². The van der Waals surface area contributed by atoms with Crippen molar-refractivity contribution in [1.82, 2.24) is 0 Å². The fraction of sp³-hybridized carbons (Fsp3) is 0.250. The van der Waals surface area contributed by atoms with Crippen LogP contribution >= 0.6 is 46.4 Å². The third-order valence-electron chi connectivity index (χ3n) is 2.60. The molecule has 2 rings (SSSR count). The van der Waals surface area contributed by atoms with E-state index in [1.807, 2.05) is 38.1 Å². The molecule has 0 atom stereocenters. The summed E-state index contributed by atoms with van der Waals surface area (Å²) in [4.78, 5) is 0. The Kier molecular flexibility index (Phi) is 8.46. The summed E-state index contributed by atoms with van der Waals surface area (Å²) in [5.74, 6) is 0. The first kappa shape index (κ1) is 18.6. The number of hydrogen-bond acceptors (Lipinski definition) is 1. The van der Waals surface area contributed by atoms with E-state index in [1.165, 1.54) is 0 Å². The lowest BCUT2D eigenvalue weighted by Crippen LogP contribution is -1.84. The van der Waals surface area contributed by atoms with Gasteiger partial charge in [0.15, 0.2) is 0 Å². The maximum Gasteiger partial charge on any atom is 0.0671 e. The zero-order valence-corrected chi connectivity index (χ0v) is 14.8. The number of benzene rings is 2. The lowest BCUT2D eigenvalue weighted by molar-refractivity contribution is 0.162. The smallest absolute Gasteiger partial charge is 0.0671 e. The van der Waals surface area contributed by atoms with Crippen molar-refractivity contribution in [2.24, 2.45) is 0 Å². The molecule has 0 N–H and O–H groups in total. The highest BCUT2D eigenvalue weighted by atomic mass is 35.5. The van der Waals surface area contributed by atoms with Gasteiger partial charge < -0.3 is 4.74 Å². The van der Waals surface area contributed by atoms with Gasteiger partial charge in [-0.25, -0.2) is 0 Å². The zero-order valence-electron chi connectivity index (χ0n) is 11.8. The molecule has 2 aromatic rings. The van der Waals surface area contributed by atoms with Crippen LogP contribution in [-0.2, 0) is 4.74 Å². The Balaban J connectivity index is 0.000000383. The molecule has 0 aliphatic carbocycles. The Morgan fingerprint density at radius 3 is 1.38 bits per heavy atom. The van der Waals surface area contributed by atoms with Crippen molar-refractivity contribution in [2.75, 3.05) is 13.2 Å². The fourth-order valence-electron chi connectivity index (χ4n) is 1.63. The number of halogens is 4. The van der Waals surface area contributed by atoms with Crippen molar-refractivity contribution < 1.29 is 4.74 Å². The summed E-state index contributed by atoms with van der Waals surface area (Å²) >= 11 is 24.1. The van der Waals surface area contributed by atoms with Crippen molar-refractivity contribution in [2.45, 2.75) is 13.8 Å². The molecule has 2 aromatic carbocycles. The molecule has 0 aliphatic heterocycles. The monoisotopic (exact) mass is 364 g/mol. The van der Waals surface area contributed by atoms with Crippen LogP contribution in [0, 0.1) is 0 Å². The first-order valence-electron chi connectivity index (χ1n) is 6.49. The minimum Gasteiger partial charge on any atom is -0.382 e. The number of hydrogen-bond donors (Lipinski definition) is 0. The van der Waals surface area contributed by atoms with Gasteiger partial charge in [0, 0.05) is 24.3 Å². The Hall–Kier alpha value is -0.440. The summed E-state index contributed by atoms with van der Waals surface area (Å²) in [5, 5.41) is 1.95. The van der Waals surface area contributed by atoms with Crippen molar-refractivity contribution >= 4 is 46.4 Å². The highest BCUT2D eigenvalue weighted by Crippen LogP contribution is 2.39. The van der Waals surface area contributed by atoms with Crippen LogP contribution in [0.3, 0.4) is 0 Å². The van der Waals surface area contributed by atoms with Crippen LogP contribution in [0.5, 0.6) is 0 Å². The highest BCUT2D eigenvalue weighted by molar-refractivity contribution is 6.46. The predicted octanol–water partition coefficient (Wildman–Crippen LogP) is 7.01. The minimum atomic E-state index is 0.480. The predicted molar refractivity (Wildman–Crippen MR) is 94.1 cm³/mol. The Labute approximate surface area is 145 Å². The van der Waals surface area contributed by atoms with Crippen LogP contribution in [0.2, 0.25) is 20.1 Å². The van der Waals surface area contributed by atoms with Gasteiger partial charge in [0.25, 0.3) is 0 Å². The summed E-state index contributed by atoms with van der Waals surface area (Å²) in [6.45, 7) is 5.67. The van der Waals surface area contributed by atoms with E-state index in [0.29, 0.717) is 20.1 Å². The molecule has 1 nitrogen and oxygen atoms in total. The van der Waals surface area contributed by atoms with Gasteiger partial charge in [0.2, 0.25) is 0 Å². The first-order valence-corrected chi connectivity index (χ1v) is 8.00. The lowest BCUT2D eigenvalue weighted by Gasteiger charge is -2.08. The standard InChI is InChI=1S/C12H6Cl4.C4H10O/c13-9-5-1-3-7(11(9)15)8-4-2-6-10(14)12(8)16;1-3-5-4-2/h1-6H;3-4H2,1-2H3. The van der Waals surface area contributed by atoms with Crippen LogP contribution in [0.1, 0.15) is 13.8 Å². The van der Waals surface area contributed by atoms with Gasteiger partial charge in [-0.3, -0.25) is 0 Å². The number of rotatable bonds is 3. The number of ether oxygens (including phenoxy) is 1. The molecule has 0 radical (unpaired) electrons. The molecule has 0 aromatic heterocycles. The lowest BCUT2D eigenvalue weighted by atomic mass is 10.1. The van der Waals surface area contributed by atoms with Crippen LogP contribution in [0.15, 0.2) is 36.4 Å². The molecular weight excluding hydrogens is 350 g/mol. The summed E-state index contributed by atoms with van der Waals surface area (Å²) in [6.07, 6.45) is 0. The highest BCUT2D eigenvalue weighted by Gasteiger charge is 2.11. The van der Waals surface area contributed by atoms with Crippen LogP contribution in [-0.4, -0.2) is 13.2 Å². The largest absolute Gasteiger partial charge is 0.382 e. The maximum atomic E-state index is 6.12. The molecule has 0 amide bonds. The van der Waals surface area contributed by atoms with Crippen molar-refractivity contribution in [3.63, 3.8) is 0 Å². The second kappa shape index (κ2) is 9.55. The molecule has 0 aliphatic rings. The van der Waals surface area contributed by atoms with Gasteiger partial charge in [-0.1, -0.05) is 70.7 Å². The van der Waals surface area contributed by atoms with Gasteiger partial charge >= 0.3 is 0 Å². The fourth-order valence-corrected chi connectivity index (χ4v) is 2.43. The molecule has 0 heterocycles. The van der Waals surface area contributed by atoms with E-state index in [4.69, 9.17) is 51.1 Å². The topological polar surface area (TPSA) is 9.23 Å². The maximum absolute atomic E-state index is 6.12. The molecule has 114 valence electrons. The van der Waals surface area contributed by atoms with Crippen LogP contribution in [0.25, 0.3) is 11.1 Å². The summed E-state index contributed by atoms with van der Waals surface area (Å²) < 4.78 is 4.83. The van der Waals surface area contributed by atoms with Crippen LogP contribution < -0.4 is 0 Å². The van der Waals surface area contributed by atoms with Gasteiger partial charge in [-0.15, -0.1) is 0 Å². The first-order chi connectivity index (χ1) is 10.0. The molecule has 5 heteroatoms. The van der Waals surface area contributed by atoms with Crippen molar-refractivity contribution in [1.29, 1.82) is 0 Å². The van der Waals surface area contributed by atoms with Gasteiger partial charge in [0.05, 0.1) is 20.1 Å². The summed E-state index contributed by atoms with van der Waals surface area (Å²) in [5.41, 5.74) is 1.56. The Morgan fingerprint density at radius 1 is 0.714 bits per heavy atom. The summed E-state index contributed by atoms with van der Waals surface area (Å²) in [6, 6.07) is 10.8. The normalized spacial score (nSPS) is 10.0. The molecule has 0 bridgehead atoms. The van der Waals surface area contributed by atoms with E-state index >= 15 is 0 Å². The van der Waals surface area contributed by atoms with Crippen LogP contribution in [0.4, 0.5) is 0 Å². The molecule has 0 unspecified atom stereocenters. The molecule has 21 heavy (non-hydrogen) atoms. The second-order valence-corrected chi connectivity index (χ2v) is 5.55. The molecule has 0 fully saturated rings. The SMILES string of the molecule is CCOCC.Clc1cccc(-c2cccc(Cl)c2Cl)c1Cl. The Bertz CT molecular complexity index is 533. The van der Waals surface area contributed by atoms with E-state index < -0.39 is 0 Å². The average molecular weight is 366 g/mol. The molecular formula is C16H16Cl4O. The molecule has 0 spiro atoms. The molecule has 0 saturated carbocycles. The zero-order chi connectivity index (χ0) is 15.8. The third-order valence-corrected chi connectivity index (χ3v) is 4.24.